The minimum absolute atomic E-state index is 0.0259. The van der Waals surface area contributed by atoms with E-state index in [2.05, 4.69) is 20.3 Å². The molecule has 0 spiro atoms. The Hall–Kier alpha value is -4.34. The van der Waals surface area contributed by atoms with Crippen LogP contribution in [0.4, 0.5) is 25.2 Å². The molecule has 5 rings (SSSR count). The standard InChI is InChI=1S/C27H26F2N6O2/c1-16-9-23(18-7-8-22(30)21(29)10-18)33-24-12-31-26(34-25(16)24)32-20-11-19(28)13-35(14-20)27(36)37-15-17-5-3-2-4-6-17/h2-10,12,19-20H,11,13-15,30H2,1H3,(H,31,32,34)/t19-,20-/m0/s1. The van der Waals surface area contributed by atoms with Crippen LogP contribution in [0, 0.1) is 12.7 Å². The number of fused-ring (bicyclic) bond motifs is 1. The number of nitrogens with zero attached hydrogens (tertiary/aromatic N) is 4. The summed E-state index contributed by atoms with van der Waals surface area (Å²) in [6.07, 6.45) is 0.00510. The van der Waals surface area contributed by atoms with Gasteiger partial charge >= 0.3 is 6.09 Å². The van der Waals surface area contributed by atoms with Crippen LogP contribution in [-0.4, -0.2) is 51.2 Å². The first-order chi connectivity index (χ1) is 17.9. The van der Waals surface area contributed by atoms with Crippen molar-refractivity contribution < 1.29 is 18.3 Å². The van der Waals surface area contributed by atoms with Crippen molar-refractivity contribution in [2.75, 3.05) is 24.1 Å². The summed E-state index contributed by atoms with van der Waals surface area (Å²) in [7, 11) is 0. The Morgan fingerprint density at radius 2 is 1.97 bits per heavy atom. The number of halogens is 2. The monoisotopic (exact) mass is 504 g/mol. The average Bonchev–Trinajstić information content (AvgIpc) is 2.89. The van der Waals surface area contributed by atoms with Gasteiger partial charge in [-0.3, -0.25) is 0 Å². The molecule has 0 aliphatic carbocycles. The largest absolute Gasteiger partial charge is 0.445 e. The highest BCUT2D eigenvalue weighted by atomic mass is 19.1. The van der Waals surface area contributed by atoms with E-state index in [-0.39, 0.29) is 31.8 Å². The number of nitrogens with two attached hydrogens (primary N) is 1. The predicted octanol–water partition coefficient (Wildman–Crippen LogP) is 4.88. The molecule has 1 aliphatic heterocycles. The molecule has 2 atom stereocenters. The van der Waals surface area contributed by atoms with Crippen molar-refractivity contribution in [1.82, 2.24) is 19.9 Å². The Morgan fingerprint density at radius 1 is 1.16 bits per heavy atom. The van der Waals surface area contributed by atoms with Crippen LogP contribution in [0.3, 0.4) is 0 Å². The third-order valence-corrected chi connectivity index (χ3v) is 6.23. The van der Waals surface area contributed by atoms with Crippen molar-refractivity contribution in [2.45, 2.75) is 32.2 Å². The summed E-state index contributed by atoms with van der Waals surface area (Å²) in [5.41, 5.74) is 9.65. The molecule has 37 heavy (non-hydrogen) atoms. The Labute approximate surface area is 212 Å². The van der Waals surface area contributed by atoms with E-state index in [0.29, 0.717) is 28.2 Å². The fraction of sp³-hybridized carbons (Fsp3) is 0.259. The van der Waals surface area contributed by atoms with Gasteiger partial charge in [-0.25, -0.2) is 28.5 Å². The number of amides is 1. The summed E-state index contributed by atoms with van der Waals surface area (Å²) < 4.78 is 33.8. The highest BCUT2D eigenvalue weighted by molar-refractivity contribution is 5.82. The minimum Gasteiger partial charge on any atom is -0.445 e. The van der Waals surface area contributed by atoms with E-state index in [4.69, 9.17) is 10.5 Å². The molecule has 1 amide bonds. The summed E-state index contributed by atoms with van der Waals surface area (Å²) in [4.78, 5) is 27.4. The maximum atomic E-state index is 14.5. The quantitative estimate of drug-likeness (QED) is 0.373. The van der Waals surface area contributed by atoms with Gasteiger partial charge in [0.05, 0.1) is 29.6 Å². The molecule has 190 valence electrons. The smallest absolute Gasteiger partial charge is 0.410 e. The predicted molar refractivity (Wildman–Crippen MR) is 137 cm³/mol. The number of carbonyl (C=O) groups is 1. The maximum Gasteiger partial charge on any atom is 0.410 e. The Bertz CT molecular complexity index is 1440. The lowest BCUT2D eigenvalue weighted by atomic mass is 10.0. The van der Waals surface area contributed by atoms with Crippen molar-refractivity contribution in [1.29, 1.82) is 0 Å². The van der Waals surface area contributed by atoms with Crippen molar-refractivity contribution in [3.8, 4) is 11.3 Å². The van der Waals surface area contributed by atoms with Gasteiger partial charge in [0, 0.05) is 24.6 Å². The Balaban J connectivity index is 1.29. The van der Waals surface area contributed by atoms with E-state index >= 15 is 0 Å². The molecule has 4 aromatic rings. The van der Waals surface area contributed by atoms with Gasteiger partial charge in [-0.1, -0.05) is 36.4 Å². The number of piperidine rings is 1. The Kier molecular flexibility index (Phi) is 6.80. The number of anilines is 2. The number of rotatable bonds is 5. The number of aromatic nitrogens is 3. The number of nitrogen functional groups attached to an aromatic ring is 1. The second-order valence-corrected chi connectivity index (χ2v) is 9.11. The number of hydrogen-bond acceptors (Lipinski definition) is 7. The maximum absolute atomic E-state index is 14.5. The fourth-order valence-corrected chi connectivity index (χ4v) is 4.37. The normalized spacial score (nSPS) is 17.5. The second kappa shape index (κ2) is 10.3. The van der Waals surface area contributed by atoms with Gasteiger partial charge in [0.2, 0.25) is 5.95 Å². The highest BCUT2D eigenvalue weighted by Gasteiger charge is 2.31. The van der Waals surface area contributed by atoms with Gasteiger partial charge < -0.3 is 20.7 Å². The first-order valence-corrected chi connectivity index (χ1v) is 11.9. The zero-order valence-corrected chi connectivity index (χ0v) is 20.2. The lowest BCUT2D eigenvalue weighted by Crippen LogP contribution is -2.50. The summed E-state index contributed by atoms with van der Waals surface area (Å²) in [5, 5.41) is 3.15. The van der Waals surface area contributed by atoms with E-state index in [9.17, 15) is 13.6 Å². The number of nitrogens with one attached hydrogen (secondary N) is 1. The van der Waals surface area contributed by atoms with Crippen molar-refractivity contribution in [2.24, 2.45) is 0 Å². The van der Waals surface area contributed by atoms with Gasteiger partial charge in [0.25, 0.3) is 0 Å². The molecule has 0 saturated carbocycles. The number of likely N-dealkylation sites (tertiary alicyclic amines) is 1. The van der Waals surface area contributed by atoms with Crippen LogP contribution in [0.15, 0.2) is 60.8 Å². The van der Waals surface area contributed by atoms with E-state index in [1.54, 1.807) is 12.3 Å². The Morgan fingerprint density at radius 3 is 2.76 bits per heavy atom. The van der Waals surface area contributed by atoms with E-state index < -0.39 is 24.1 Å². The van der Waals surface area contributed by atoms with Crippen LogP contribution >= 0.6 is 0 Å². The zero-order chi connectivity index (χ0) is 25.9. The van der Waals surface area contributed by atoms with E-state index in [1.807, 2.05) is 43.3 Å². The lowest BCUT2D eigenvalue weighted by molar-refractivity contribution is 0.0685. The molecule has 3 N–H and O–H groups in total. The lowest BCUT2D eigenvalue weighted by Gasteiger charge is -2.34. The molecular weight excluding hydrogens is 478 g/mol. The molecule has 1 aliphatic rings. The van der Waals surface area contributed by atoms with Crippen LogP contribution in [0.1, 0.15) is 17.5 Å². The van der Waals surface area contributed by atoms with Gasteiger partial charge in [-0.15, -0.1) is 0 Å². The summed E-state index contributed by atoms with van der Waals surface area (Å²) in [6, 6.07) is 15.3. The highest BCUT2D eigenvalue weighted by Crippen LogP contribution is 2.26. The van der Waals surface area contributed by atoms with Crippen molar-refractivity contribution in [3.63, 3.8) is 0 Å². The second-order valence-electron chi connectivity index (χ2n) is 9.11. The first kappa shape index (κ1) is 24.4. The number of carbonyl (C=O) groups excluding carboxylic acids is 1. The topological polar surface area (TPSA) is 106 Å². The van der Waals surface area contributed by atoms with Crippen LogP contribution in [0.5, 0.6) is 0 Å². The molecule has 0 bridgehead atoms. The third kappa shape index (κ3) is 5.58. The van der Waals surface area contributed by atoms with Crippen LogP contribution in [0.2, 0.25) is 0 Å². The van der Waals surface area contributed by atoms with Crippen molar-refractivity contribution >= 4 is 28.8 Å². The summed E-state index contributed by atoms with van der Waals surface area (Å²) in [5.74, 6) is -0.204. The molecule has 0 unspecified atom stereocenters. The number of aryl methyl sites for hydroxylation is 1. The zero-order valence-electron chi connectivity index (χ0n) is 20.2. The van der Waals surface area contributed by atoms with E-state index in [0.717, 1.165) is 11.1 Å². The molecule has 8 nitrogen and oxygen atoms in total. The summed E-state index contributed by atoms with van der Waals surface area (Å²) in [6.45, 7) is 2.23. The minimum atomic E-state index is -1.21. The van der Waals surface area contributed by atoms with Gasteiger partial charge in [-0.05, 0) is 36.2 Å². The number of hydrogen-bond donors (Lipinski definition) is 2. The molecule has 2 aromatic heterocycles. The van der Waals surface area contributed by atoms with Gasteiger partial charge in [0.15, 0.2) is 0 Å². The first-order valence-electron chi connectivity index (χ1n) is 11.9. The average molecular weight is 505 g/mol. The molecule has 1 saturated heterocycles. The third-order valence-electron chi connectivity index (χ3n) is 6.23. The molecule has 10 heteroatoms. The molecular formula is C27H26F2N6O2. The van der Waals surface area contributed by atoms with E-state index in [1.165, 1.54) is 17.0 Å². The number of benzene rings is 2. The van der Waals surface area contributed by atoms with Gasteiger partial charge in [0.1, 0.15) is 24.1 Å². The number of alkyl halides is 1. The summed E-state index contributed by atoms with van der Waals surface area (Å²) >= 11 is 0. The number of pyridine rings is 1. The SMILES string of the molecule is Cc1cc(-c2ccc(N)c(F)c2)nc2cnc(N[C@H]3C[C@H](F)CN(C(=O)OCc4ccccc4)C3)nc12. The van der Waals surface area contributed by atoms with Crippen LogP contribution in [0.25, 0.3) is 22.3 Å². The van der Waals surface area contributed by atoms with Crippen LogP contribution < -0.4 is 11.1 Å². The van der Waals surface area contributed by atoms with Crippen LogP contribution in [-0.2, 0) is 11.3 Å². The molecule has 0 radical (unpaired) electrons. The number of ether oxygens (including phenoxy) is 1. The molecule has 2 aromatic carbocycles. The fourth-order valence-electron chi connectivity index (χ4n) is 4.37. The van der Waals surface area contributed by atoms with Gasteiger partial charge in [-0.2, -0.15) is 0 Å². The van der Waals surface area contributed by atoms with Crippen molar-refractivity contribution in [3.05, 3.63) is 77.7 Å². The molecule has 1 fully saturated rings. The molecule has 3 heterocycles.